The number of carbonyl (C=O) groups excluding carboxylic acids is 1. The molecule has 1 aromatic carbocycles. The molecule has 17 heavy (non-hydrogen) atoms. The zero-order valence-electron chi connectivity index (χ0n) is 10.2. The van der Waals surface area contributed by atoms with E-state index < -0.39 is 0 Å². The predicted molar refractivity (Wildman–Crippen MR) is 67.5 cm³/mol. The summed E-state index contributed by atoms with van der Waals surface area (Å²) in [6.45, 7) is 4.33. The Morgan fingerprint density at radius 1 is 1.41 bits per heavy atom. The second-order valence-corrected chi connectivity index (χ2v) is 5.09. The van der Waals surface area contributed by atoms with Crippen molar-refractivity contribution >= 4 is 17.3 Å². The molecule has 1 heterocycles. The Kier molecular flexibility index (Phi) is 2.28. The maximum atomic E-state index is 10.9. The van der Waals surface area contributed by atoms with E-state index in [0.717, 1.165) is 28.7 Å². The molecule has 0 bridgehead atoms. The van der Waals surface area contributed by atoms with Crippen molar-refractivity contribution in [2.75, 3.05) is 0 Å². The van der Waals surface area contributed by atoms with Crippen molar-refractivity contribution in [2.45, 2.75) is 38.6 Å². The second-order valence-electron chi connectivity index (χ2n) is 5.09. The Balaban J connectivity index is 2.28. The van der Waals surface area contributed by atoms with Gasteiger partial charge in [0, 0.05) is 17.5 Å². The number of hydrogen-bond acceptors (Lipinski definition) is 2. The van der Waals surface area contributed by atoms with Crippen LogP contribution >= 0.6 is 0 Å². The SMILES string of the molecule is CC(C)c1nc2ccc(C=O)cc2n1C1CC1. The van der Waals surface area contributed by atoms with E-state index in [1.165, 1.54) is 12.8 Å². The van der Waals surface area contributed by atoms with Crippen LogP contribution in [0.3, 0.4) is 0 Å². The number of rotatable bonds is 3. The van der Waals surface area contributed by atoms with Gasteiger partial charge in [-0.15, -0.1) is 0 Å². The molecule has 0 saturated heterocycles. The van der Waals surface area contributed by atoms with E-state index in [2.05, 4.69) is 18.4 Å². The summed E-state index contributed by atoms with van der Waals surface area (Å²) in [7, 11) is 0. The fourth-order valence-electron chi connectivity index (χ4n) is 2.33. The molecule has 2 aromatic rings. The van der Waals surface area contributed by atoms with Gasteiger partial charge in [-0.05, 0) is 31.0 Å². The van der Waals surface area contributed by atoms with Gasteiger partial charge in [0.15, 0.2) is 0 Å². The van der Waals surface area contributed by atoms with E-state index >= 15 is 0 Å². The summed E-state index contributed by atoms with van der Waals surface area (Å²) in [5.41, 5.74) is 2.85. The third-order valence-electron chi connectivity index (χ3n) is 3.31. The van der Waals surface area contributed by atoms with Crippen molar-refractivity contribution in [3.05, 3.63) is 29.6 Å². The predicted octanol–water partition coefficient (Wildman–Crippen LogP) is 3.31. The number of aromatic nitrogens is 2. The first kappa shape index (κ1) is 10.5. The summed E-state index contributed by atoms with van der Waals surface area (Å²) in [5.74, 6) is 1.56. The first-order valence-corrected chi connectivity index (χ1v) is 6.17. The summed E-state index contributed by atoms with van der Waals surface area (Å²) in [4.78, 5) is 15.6. The number of nitrogens with zero attached hydrogens (tertiary/aromatic N) is 2. The Hall–Kier alpha value is -1.64. The van der Waals surface area contributed by atoms with Gasteiger partial charge < -0.3 is 4.57 Å². The van der Waals surface area contributed by atoms with E-state index in [1.807, 2.05) is 18.2 Å². The van der Waals surface area contributed by atoms with E-state index in [0.29, 0.717) is 12.0 Å². The van der Waals surface area contributed by atoms with Crippen LogP contribution < -0.4 is 0 Å². The lowest BCUT2D eigenvalue weighted by atomic mass is 10.2. The van der Waals surface area contributed by atoms with Crippen molar-refractivity contribution < 1.29 is 4.79 Å². The highest BCUT2D eigenvalue weighted by Gasteiger charge is 2.28. The Labute approximate surface area is 100 Å². The number of aldehydes is 1. The lowest BCUT2D eigenvalue weighted by Crippen LogP contribution is -2.03. The zero-order valence-corrected chi connectivity index (χ0v) is 10.2. The van der Waals surface area contributed by atoms with Crippen LogP contribution in [0.5, 0.6) is 0 Å². The number of imidazole rings is 1. The topological polar surface area (TPSA) is 34.9 Å². The van der Waals surface area contributed by atoms with Crippen LogP contribution in [0.25, 0.3) is 11.0 Å². The molecule has 0 N–H and O–H groups in total. The molecular weight excluding hydrogens is 212 g/mol. The van der Waals surface area contributed by atoms with Gasteiger partial charge in [0.2, 0.25) is 0 Å². The number of carbonyl (C=O) groups is 1. The average molecular weight is 228 g/mol. The van der Waals surface area contributed by atoms with Crippen LogP contribution in [0, 0.1) is 0 Å². The van der Waals surface area contributed by atoms with Crippen LogP contribution in [0.2, 0.25) is 0 Å². The lowest BCUT2D eigenvalue weighted by molar-refractivity contribution is 0.112. The van der Waals surface area contributed by atoms with Gasteiger partial charge in [-0.25, -0.2) is 4.98 Å². The molecule has 0 aliphatic heterocycles. The lowest BCUT2D eigenvalue weighted by Gasteiger charge is -2.09. The van der Waals surface area contributed by atoms with E-state index in [4.69, 9.17) is 4.98 Å². The molecule has 0 atom stereocenters. The minimum absolute atomic E-state index is 0.419. The average Bonchev–Trinajstić information content (AvgIpc) is 3.08. The largest absolute Gasteiger partial charge is 0.325 e. The minimum atomic E-state index is 0.419. The zero-order chi connectivity index (χ0) is 12.0. The molecule has 1 saturated carbocycles. The molecule has 0 amide bonds. The molecule has 1 aliphatic carbocycles. The highest BCUT2D eigenvalue weighted by Crippen LogP contribution is 2.40. The smallest absolute Gasteiger partial charge is 0.150 e. The molecular formula is C14H16N2O. The van der Waals surface area contributed by atoms with Gasteiger partial charge >= 0.3 is 0 Å². The third kappa shape index (κ3) is 1.66. The van der Waals surface area contributed by atoms with Crippen molar-refractivity contribution in [3.63, 3.8) is 0 Å². The summed E-state index contributed by atoms with van der Waals surface area (Å²) < 4.78 is 2.33. The van der Waals surface area contributed by atoms with Gasteiger partial charge in [-0.3, -0.25) is 4.79 Å². The molecule has 3 rings (SSSR count). The quantitative estimate of drug-likeness (QED) is 0.755. The fraction of sp³-hybridized carbons (Fsp3) is 0.429. The van der Waals surface area contributed by atoms with Crippen molar-refractivity contribution in [2.24, 2.45) is 0 Å². The molecule has 3 nitrogen and oxygen atoms in total. The van der Waals surface area contributed by atoms with Crippen LogP contribution in [-0.4, -0.2) is 15.8 Å². The first-order chi connectivity index (χ1) is 8.20. The highest BCUT2D eigenvalue weighted by atomic mass is 16.1. The van der Waals surface area contributed by atoms with Crippen molar-refractivity contribution in [1.82, 2.24) is 9.55 Å². The van der Waals surface area contributed by atoms with Crippen LogP contribution in [0.15, 0.2) is 18.2 Å². The fourth-order valence-corrected chi connectivity index (χ4v) is 2.33. The van der Waals surface area contributed by atoms with E-state index in [1.54, 1.807) is 0 Å². The Morgan fingerprint density at radius 3 is 2.76 bits per heavy atom. The Bertz CT molecular complexity index is 579. The number of hydrogen-bond donors (Lipinski definition) is 0. The molecule has 0 unspecified atom stereocenters. The molecule has 1 fully saturated rings. The first-order valence-electron chi connectivity index (χ1n) is 6.17. The summed E-state index contributed by atoms with van der Waals surface area (Å²) in [6, 6.07) is 6.34. The maximum Gasteiger partial charge on any atom is 0.150 e. The molecule has 0 spiro atoms. The summed E-state index contributed by atoms with van der Waals surface area (Å²) in [5, 5.41) is 0. The maximum absolute atomic E-state index is 10.9. The summed E-state index contributed by atoms with van der Waals surface area (Å²) >= 11 is 0. The second kappa shape index (κ2) is 3.69. The van der Waals surface area contributed by atoms with Gasteiger partial charge in [-0.2, -0.15) is 0 Å². The molecule has 88 valence electrons. The van der Waals surface area contributed by atoms with Crippen LogP contribution in [0.1, 0.15) is 54.8 Å². The summed E-state index contributed by atoms with van der Waals surface area (Å²) in [6.07, 6.45) is 3.37. The highest BCUT2D eigenvalue weighted by molar-refractivity contribution is 5.85. The van der Waals surface area contributed by atoms with Crippen molar-refractivity contribution in [3.8, 4) is 0 Å². The molecule has 0 radical (unpaired) electrons. The number of fused-ring (bicyclic) bond motifs is 1. The van der Waals surface area contributed by atoms with Gasteiger partial charge in [0.05, 0.1) is 11.0 Å². The third-order valence-corrected chi connectivity index (χ3v) is 3.31. The standard InChI is InChI=1S/C14H16N2O/c1-9(2)14-15-12-6-3-10(8-17)7-13(12)16(14)11-4-5-11/h3,6-9,11H,4-5H2,1-2H3. The molecule has 1 aromatic heterocycles. The van der Waals surface area contributed by atoms with E-state index in [9.17, 15) is 4.79 Å². The monoisotopic (exact) mass is 228 g/mol. The molecule has 3 heteroatoms. The normalized spacial score (nSPS) is 15.7. The van der Waals surface area contributed by atoms with Crippen molar-refractivity contribution in [1.29, 1.82) is 0 Å². The van der Waals surface area contributed by atoms with E-state index in [-0.39, 0.29) is 0 Å². The van der Waals surface area contributed by atoms with Gasteiger partial charge in [-0.1, -0.05) is 13.8 Å². The van der Waals surface area contributed by atoms with Crippen LogP contribution in [0.4, 0.5) is 0 Å². The number of benzene rings is 1. The van der Waals surface area contributed by atoms with Gasteiger partial charge in [0.1, 0.15) is 12.1 Å². The van der Waals surface area contributed by atoms with Crippen LogP contribution in [-0.2, 0) is 0 Å². The van der Waals surface area contributed by atoms with Gasteiger partial charge in [0.25, 0.3) is 0 Å². The molecule has 1 aliphatic rings. The minimum Gasteiger partial charge on any atom is -0.325 e. The Morgan fingerprint density at radius 2 is 2.18 bits per heavy atom.